The number of nitrogens with zero attached hydrogens (tertiary/aromatic N) is 1. The van der Waals surface area contributed by atoms with Crippen LogP contribution in [0.3, 0.4) is 0 Å². The number of fused-ring (bicyclic) bond motifs is 1. The van der Waals surface area contributed by atoms with Gasteiger partial charge in [0, 0.05) is 30.6 Å². The van der Waals surface area contributed by atoms with Crippen LogP contribution in [0.5, 0.6) is 0 Å². The summed E-state index contributed by atoms with van der Waals surface area (Å²) in [5.74, 6) is -0.212. The van der Waals surface area contributed by atoms with Crippen LogP contribution >= 0.6 is 0 Å². The summed E-state index contributed by atoms with van der Waals surface area (Å²) in [7, 11) is 1.99. The minimum atomic E-state index is -0.531. The van der Waals surface area contributed by atoms with Gasteiger partial charge in [-0.15, -0.1) is 0 Å². The van der Waals surface area contributed by atoms with Gasteiger partial charge in [-0.1, -0.05) is 48.5 Å². The van der Waals surface area contributed by atoms with Crippen LogP contribution < -0.4 is 10.6 Å². The van der Waals surface area contributed by atoms with Crippen molar-refractivity contribution in [1.82, 2.24) is 15.2 Å². The van der Waals surface area contributed by atoms with Gasteiger partial charge >= 0.3 is 0 Å². The summed E-state index contributed by atoms with van der Waals surface area (Å²) in [6, 6.07) is 17.1. The number of aromatic nitrogens is 1. The zero-order chi connectivity index (χ0) is 18.8. The molecule has 0 spiro atoms. The highest BCUT2D eigenvalue weighted by molar-refractivity contribution is 5.97. The van der Waals surface area contributed by atoms with Gasteiger partial charge < -0.3 is 15.2 Å². The summed E-state index contributed by atoms with van der Waals surface area (Å²) < 4.78 is 2.05. The van der Waals surface area contributed by atoms with Crippen molar-refractivity contribution in [2.45, 2.75) is 31.3 Å². The highest BCUT2D eigenvalue weighted by atomic mass is 16.2. The van der Waals surface area contributed by atoms with Crippen molar-refractivity contribution in [2.75, 3.05) is 0 Å². The van der Waals surface area contributed by atoms with Crippen molar-refractivity contribution in [3.8, 4) is 0 Å². The van der Waals surface area contributed by atoms with Crippen LogP contribution in [-0.2, 0) is 29.5 Å². The Morgan fingerprint density at radius 1 is 0.889 bits per heavy atom. The summed E-state index contributed by atoms with van der Waals surface area (Å²) >= 11 is 0. The third-order valence-electron chi connectivity index (χ3n) is 5.23. The minimum Gasteiger partial charge on any atom is -0.350 e. The molecule has 27 heavy (non-hydrogen) atoms. The molecular weight excluding hydrogens is 338 g/mol. The number of piperazine rings is 1. The van der Waals surface area contributed by atoms with E-state index in [1.54, 1.807) is 0 Å². The van der Waals surface area contributed by atoms with Gasteiger partial charge in [0.25, 0.3) is 0 Å². The van der Waals surface area contributed by atoms with Crippen molar-refractivity contribution in [2.24, 2.45) is 7.05 Å². The molecule has 0 unspecified atom stereocenters. The summed E-state index contributed by atoms with van der Waals surface area (Å²) in [4.78, 5) is 25.1. The molecule has 1 saturated heterocycles. The first-order chi connectivity index (χ1) is 13.1. The lowest BCUT2D eigenvalue weighted by Crippen LogP contribution is -2.62. The predicted molar refractivity (Wildman–Crippen MR) is 105 cm³/mol. The van der Waals surface area contributed by atoms with E-state index in [-0.39, 0.29) is 11.8 Å². The second-order valence-corrected chi connectivity index (χ2v) is 7.13. The van der Waals surface area contributed by atoms with E-state index in [2.05, 4.69) is 27.3 Å². The maximum atomic E-state index is 12.6. The van der Waals surface area contributed by atoms with E-state index in [0.29, 0.717) is 12.8 Å². The first-order valence-electron chi connectivity index (χ1n) is 9.29. The van der Waals surface area contributed by atoms with Gasteiger partial charge in [0.2, 0.25) is 11.8 Å². The number of aryl methyl sites for hydroxylation is 2. The molecule has 1 fully saturated rings. The topological polar surface area (TPSA) is 63.1 Å². The number of para-hydroxylation sites is 1. The Kier molecular flexibility index (Phi) is 4.67. The molecule has 0 radical (unpaired) electrons. The van der Waals surface area contributed by atoms with Crippen LogP contribution in [0.1, 0.15) is 17.5 Å². The normalized spacial score (nSPS) is 19.7. The summed E-state index contributed by atoms with van der Waals surface area (Å²) in [5.41, 5.74) is 3.35. The van der Waals surface area contributed by atoms with Crippen LogP contribution in [-0.4, -0.2) is 28.5 Å². The standard InChI is InChI=1S/C22H23N3O2/c1-25-14-16(17-9-5-6-10-20(17)25)13-19-22(27)23-18(21(26)24-19)12-11-15-7-3-2-4-8-15/h2-10,14,18-19H,11-13H2,1H3,(H,23,27)(H,24,26)/t18-,19+/m0/s1. The fraction of sp³-hybridized carbons (Fsp3) is 0.273. The maximum Gasteiger partial charge on any atom is 0.243 e. The fourth-order valence-corrected chi connectivity index (χ4v) is 3.79. The first-order valence-corrected chi connectivity index (χ1v) is 9.29. The van der Waals surface area contributed by atoms with Crippen molar-refractivity contribution in [1.29, 1.82) is 0 Å². The Morgan fingerprint density at radius 2 is 1.56 bits per heavy atom. The van der Waals surface area contributed by atoms with E-state index in [1.165, 1.54) is 0 Å². The van der Waals surface area contributed by atoms with E-state index in [1.807, 2.05) is 55.7 Å². The van der Waals surface area contributed by atoms with Crippen LogP contribution in [0.25, 0.3) is 10.9 Å². The zero-order valence-corrected chi connectivity index (χ0v) is 15.3. The minimum absolute atomic E-state index is 0.101. The number of hydrogen-bond acceptors (Lipinski definition) is 2. The molecule has 2 atom stereocenters. The highest BCUT2D eigenvalue weighted by Gasteiger charge is 2.33. The molecule has 0 saturated carbocycles. The first kappa shape index (κ1) is 17.3. The molecule has 2 heterocycles. The average Bonchev–Trinajstić information content (AvgIpc) is 3.00. The predicted octanol–water partition coefficient (Wildman–Crippen LogP) is 2.34. The molecule has 138 valence electrons. The Bertz CT molecular complexity index is 978. The monoisotopic (exact) mass is 361 g/mol. The van der Waals surface area contributed by atoms with E-state index in [4.69, 9.17) is 0 Å². The van der Waals surface area contributed by atoms with Gasteiger partial charge in [0.1, 0.15) is 12.1 Å². The number of benzene rings is 2. The summed E-state index contributed by atoms with van der Waals surface area (Å²) in [5, 5.41) is 6.94. The van der Waals surface area contributed by atoms with Crippen molar-refractivity contribution in [3.63, 3.8) is 0 Å². The molecule has 2 aromatic carbocycles. The third-order valence-corrected chi connectivity index (χ3v) is 5.23. The van der Waals surface area contributed by atoms with E-state index in [0.717, 1.165) is 28.5 Å². The molecule has 2 amide bonds. The van der Waals surface area contributed by atoms with Crippen LogP contribution in [0, 0.1) is 0 Å². The summed E-state index contributed by atoms with van der Waals surface area (Å²) in [6.45, 7) is 0. The number of hydrogen-bond donors (Lipinski definition) is 2. The number of carbonyl (C=O) groups excluding carboxylic acids is 2. The van der Waals surface area contributed by atoms with Crippen LogP contribution in [0.4, 0.5) is 0 Å². The Hall–Kier alpha value is -3.08. The van der Waals surface area contributed by atoms with Gasteiger partial charge in [-0.05, 0) is 30.0 Å². The second-order valence-electron chi connectivity index (χ2n) is 7.13. The molecule has 5 heteroatoms. The average molecular weight is 361 g/mol. The van der Waals surface area contributed by atoms with Gasteiger partial charge in [0.05, 0.1) is 0 Å². The Morgan fingerprint density at radius 3 is 2.37 bits per heavy atom. The SMILES string of the molecule is Cn1cc(C[C@H]2NC(=O)[C@H](CCc3ccccc3)NC2=O)c2ccccc21. The smallest absolute Gasteiger partial charge is 0.243 e. The lowest BCUT2D eigenvalue weighted by atomic mass is 9.98. The number of amides is 2. The molecular formula is C22H23N3O2. The fourth-order valence-electron chi connectivity index (χ4n) is 3.79. The molecule has 4 rings (SSSR count). The number of rotatable bonds is 5. The largest absolute Gasteiger partial charge is 0.350 e. The summed E-state index contributed by atoms with van der Waals surface area (Å²) in [6.07, 6.45) is 3.88. The van der Waals surface area contributed by atoms with E-state index >= 15 is 0 Å². The third kappa shape index (κ3) is 3.58. The highest BCUT2D eigenvalue weighted by Crippen LogP contribution is 2.22. The zero-order valence-electron chi connectivity index (χ0n) is 15.3. The molecule has 1 aliphatic rings. The van der Waals surface area contributed by atoms with Gasteiger partial charge in [0.15, 0.2) is 0 Å². The molecule has 1 aliphatic heterocycles. The molecule has 3 aromatic rings. The van der Waals surface area contributed by atoms with Crippen molar-refractivity contribution >= 4 is 22.7 Å². The Balaban J connectivity index is 1.43. The van der Waals surface area contributed by atoms with Crippen LogP contribution in [0.15, 0.2) is 60.8 Å². The van der Waals surface area contributed by atoms with Crippen LogP contribution in [0.2, 0.25) is 0 Å². The van der Waals surface area contributed by atoms with E-state index < -0.39 is 12.1 Å². The second kappa shape index (κ2) is 7.27. The van der Waals surface area contributed by atoms with Gasteiger partial charge in [-0.25, -0.2) is 0 Å². The Labute approximate surface area is 158 Å². The number of nitrogens with one attached hydrogen (secondary N) is 2. The molecule has 1 aromatic heterocycles. The quantitative estimate of drug-likeness (QED) is 0.733. The van der Waals surface area contributed by atoms with Gasteiger partial charge in [-0.3, -0.25) is 9.59 Å². The lowest BCUT2D eigenvalue weighted by Gasteiger charge is -2.29. The van der Waals surface area contributed by atoms with Crippen molar-refractivity contribution in [3.05, 3.63) is 71.9 Å². The molecule has 0 bridgehead atoms. The van der Waals surface area contributed by atoms with E-state index in [9.17, 15) is 9.59 Å². The lowest BCUT2D eigenvalue weighted by molar-refractivity contribution is -0.136. The molecule has 2 N–H and O–H groups in total. The maximum absolute atomic E-state index is 12.6. The molecule has 5 nitrogen and oxygen atoms in total. The van der Waals surface area contributed by atoms with Crippen molar-refractivity contribution < 1.29 is 9.59 Å². The number of carbonyl (C=O) groups is 2. The molecule has 0 aliphatic carbocycles. The van der Waals surface area contributed by atoms with Gasteiger partial charge in [-0.2, -0.15) is 0 Å².